The zero-order chi connectivity index (χ0) is 33.7. The van der Waals surface area contributed by atoms with Crippen molar-refractivity contribution in [1.82, 2.24) is 10.6 Å². The van der Waals surface area contributed by atoms with Crippen LogP contribution in [-0.4, -0.2) is 5.84 Å². The van der Waals surface area contributed by atoms with Gasteiger partial charge in [0, 0.05) is 27.3 Å². The number of para-hydroxylation sites is 1. The molecular weight excluding hydrogens is 623 g/mol. The van der Waals surface area contributed by atoms with E-state index in [1.807, 2.05) is 18.2 Å². The molecule has 51 heavy (non-hydrogen) atoms. The van der Waals surface area contributed by atoms with Crippen molar-refractivity contribution in [3.63, 3.8) is 0 Å². The predicted octanol–water partition coefficient (Wildman–Crippen LogP) is 11.6. The third-order valence-corrected chi connectivity index (χ3v) is 10.2. The van der Waals surface area contributed by atoms with E-state index < -0.39 is 0 Å². The second-order valence-electron chi connectivity index (χ2n) is 13.2. The number of nitrogens with zero attached hydrogens (tertiary/aromatic N) is 1. The molecule has 9 aromatic rings. The zero-order valence-corrected chi connectivity index (χ0v) is 27.8. The first kappa shape index (κ1) is 29.4. The number of aliphatic imine (C=N–C) groups is 1. The Balaban J connectivity index is 1.12. The Kier molecular flexibility index (Phi) is 7.00. The van der Waals surface area contributed by atoms with Gasteiger partial charge in [-0.05, 0) is 56.1 Å². The Hall–Kier alpha value is -6.49. The molecule has 4 heteroatoms. The average molecular weight is 656 g/mol. The number of amidine groups is 1. The van der Waals surface area contributed by atoms with Gasteiger partial charge in [0.2, 0.25) is 0 Å². The minimum atomic E-state index is -0.298. The van der Waals surface area contributed by atoms with Gasteiger partial charge in [0.25, 0.3) is 0 Å². The highest BCUT2D eigenvalue weighted by Crippen LogP contribution is 2.42. The van der Waals surface area contributed by atoms with Crippen LogP contribution in [0.25, 0.3) is 65.7 Å². The van der Waals surface area contributed by atoms with Gasteiger partial charge in [-0.3, -0.25) is 5.32 Å². The van der Waals surface area contributed by atoms with Crippen molar-refractivity contribution in [2.75, 3.05) is 0 Å². The Morgan fingerprint density at radius 2 is 1.10 bits per heavy atom. The lowest BCUT2D eigenvalue weighted by Crippen LogP contribution is -2.45. The SMILES string of the molecule is c1ccc(C2=NC(c3c(-c4ccc(-c5cc6c7ccccc7oc6c6ccccc56)cc4)ccc4ccccc34)NC(c3ccccc3)N2)cc1. The van der Waals surface area contributed by atoms with Crippen LogP contribution >= 0.6 is 0 Å². The summed E-state index contributed by atoms with van der Waals surface area (Å²) in [6.45, 7) is 0. The summed E-state index contributed by atoms with van der Waals surface area (Å²) >= 11 is 0. The van der Waals surface area contributed by atoms with E-state index in [-0.39, 0.29) is 12.3 Å². The fourth-order valence-corrected chi connectivity index (χ4v) is 7.72. The van der Waals surface area contributed by atoms with E-state index >= 15 is 0 Å². The predicted molar refractivity (Wildman–Crippen MR) is 211 cm³/mol. The Bertz CT molecular complexity index is 2750. The molecule has 2 N–H and O–H groups in total. The molecule has 242 valence electrons. The highest BCUT2D eigenvalue weighted by molar-refractivity contribution is 6.19. The van der Waals surface area contributed by atoms with Gasteiger partial charge in [0.15, 0.2) is 0 Å². The quantitative estimate of drug-likeness (QED) is 0.194. The lowest BCUT2D eigenvalue weighted by molar-refractivity contribution is 0.411. The summed E-state index contributed by atoms with van der Waals surface area (Å²) in [6.07, 6.45) is -0.423. The minimum Gasteiger partial charge on any atom is -0.455 e. The van der Waals surface area contributed by atoms with Crippen LogP contribution < -0.4 is 10.6 Å². The molecule has 0 aliphatic carbocycles. The Morgan fingerprint density at radius 1 is 0.471 bits per heavy atom. The monoisotopic (exact) mass is 655 g/mol. The number of rotatable bonds is 5. The maximum absolute atomic E-state index is 6.39. The highest BCUT2D eigenvalue weighted by atomic mass is 16.3. The lowest BCUT2D eigenvalue weighted by atomic mass is 9.90. The maximum atomic E-state index is 6.39. The van der Waals surface area contributed by atoms with E-state index in [4.69, 9.17) is 9.41 Å². The van der Waals surface area contributed by atoms with Gasteiger partial charge in [-0.15, -0.1) is 0 Å². The van der Waals surface area contributed by atoms with E-state index in [2.05, 4.69) is 168 Å². The van der Waals surface area contributed by atoms with Crippen LogP contribution in [0.15, 0.2) is 185 Å². The molecule has 0 saturated heterocycles. The van der Waals surface area contributed by atoms with Crippen molar-refractivity contribution in [3.8, 4) is 22.3 Å². The molecule has 2 heterocycles. The standard InChI is InChI=1S/C47H33N3O/c1-3-14-33(15-4-1)45-48-46(34-16-5-2-6-17-34)50-47(49-45)43-35-18-8-7-13-30(35)27-28-36(43)31-23-25-32(26-24-31)40-29-41-38-20-11-12-22-42(38)51-44(41)39-21-10-9-19-37(39)40/h1-29,45,47,49H,(H,48,50). The highest BCUT2D eigenvalue weighted by Gasteiger charge is 2.28. The molecule has 2 unspecified atom stereocenters. The Morgan fingerprint density at radius 3 is 1.88 bits per heavy atom. The first-order chi connectivity index (χ1) is 25.3. The van der Waals surface area contributed by atoms with Crippen LogP contribution in [-0.2, 0) is 0 Å². The zero-order valence-electron chi connectivity index (χ0n) is 27.8. The van der Waals surface area contributed by atoms with Gasteiger partial charge in [0.05, 0.1) is 0 Å². The molecule has 4 nitrogen and oxygen atoms in total. The summed E-state index contributed by atoms with van der Waals surface area (Å²) in [5, 5.41) is 14.5. The van der Waals surface area contributed by atoms with Crippen LogP contribution in [0, 0.1) is 0 Å². The van der Waals surface area contributed by atoms with Crippen molar-refractivity contribution in [2.24, 2.45) is 4.99 Å². The fourth-order valence-electron chi connectivity index (χ4n) is 7.72. The van der Waals surface area contributed by atoms with Gasteiger partial charge < -0.3 is 9.73 Å². The van der Waals surface area contributed by atoms with Crippen LogP contribution in [0.2, 0.25) is 0 Å². The summed E-state index contributed by atoms with van der Waals surface area (Å²) < 4.78 is 6.39. The average Bonchev–Trinajstić information content (AvgIpc) is 3.60. The number of hydrogen-bond acceptors (Lipinski definition) is 4. The largest absolute Gasteiger partial charge is 0.455 e. The van der Waals surface area contributed by atoms with E-state index in [1.165, 1.54) is 21.7 Å². The molecule has 1 aliphatic heterocycles. The van der Waals surface area contributed by atoms with Gasteiger partial charge in [0.1, 0.15) is 29.3 Å². The third kappa shape index (κ3) is 5.08. The van der Waals surface area contributed by atoms with E-state index in [0.29, 0.717) is 0 Å². The normalized spacial score (nSPS) is 16.0. The van der Waals surface area contributed by atoms with E-state index in [9.17, 15) is 0 Å². The molecule has 10 rings (SSSR count). The molecule has 0 amide bonds. The molecule has 0 spiro atoms. The first-order valence-corrected chi connectivity index (χ1v) is 17.4. The van der Waals surface area contributed by atoms with Crippen molar-refractivity contribution < 1.29 is 4.42 Å². The smallest absolute Gasteiger partial charge is 0.143 e. The van der Waals surface area contributed by atoms with Crippen LogP contribution in [0.4, 0.5) is 0 Å². The van der Waals surface area contributed by atoms with Crippen molar-refractivity contribution in [3.05, 3.63) is 193 Å². The van der Waals surface area contributed by atoms with Gasteiger partial charge >= 0.3 is 0 Å². The van der Waals surface area contributed by atoms with Crippen molar-refractivity contribution >= 4 is 49.3 Å². The summed E-state index contributed by atoms with van der Waals surface area (Å²) in [5.41, 5.74) is 9.89. The molecule has 0 fully saturated rings. The second kappa shape index (κ2) is 12.1. The second-order valence-corrected chi connectivity index (χ2v) is 13.2. The third-order valence-electron chi connectivity index (χ3n) is 10.2. The number of fused-ring (bicyclic) bond motifs is 6. The van der Waals surface area contributed by atoms with Crippen molar-refractivity contribution in [2.45, 2.75) is 12.3 Å². The number of benzene rings is 8. The summed E-state index contributed by atoms with van der Waals surface area (Å²) in [5.74, 6) is 0.872. The minimum absolute atomic E-state index is 0.125. The van der Waals surface area contributed by atoms with Crippen LogP contribution in [0.5, 0.6) is 0 Å². The molecule has 2 atom stereocenters. The molecule has 0 saturated carbocycles. The summed E-state index contributed by atoms with van der Waals surface area (Å²) in [6, 6.07) is 62.2. The molecule has 1 aliphatic rings. The van der Waals surface area contributed by atoms with Crippen LogP contribution in [0.3, 0.4) is 0 Å². The molecule has 0 radical (unpaired) electrons. The number of furan rings is 1. The molecular formula is C47H33N3O. The lowest BCUT2D eigenvalue weighted by Gasteiger charge is -2.33. The summed E-state index contributed by atoms with van der Waals surface area (Å²) in [7, 11) is 0. The number of nitrogens with one attached hydrogen (secondary N) is 2. The fraction of sp³-hybridized carbons (Fsp3) is 0.0426. The van der Waals surface area contributed by atoms with Crippen molar-refractivity contribution in [1.29, 1.82) is 0 Å². The van der Waals surface area contributed by atoms with Gasteiger partial charge in [-0.1, -0.05) is 164 Å². The maximum Gasteiger partial charge on any atom is 0.143 e. The van der Waals surface area contributed by atoms with Gasteiger partial charge in [-0.2, -0.15) is 0 Å². The molecule has 0 bridgehead atoms. The first-order valence-electron chi connectivity index (χ1n) is 17.4. The van der Waals surface area contributed by atoms with E-state index in [1.54, 1.807) is 0 Å². The van der Waals surface area contributed by atoms with Gasteiger partial charge in [-0.25, -0.2) is 4.99 Å². The topological polar surface area (TPSA) is 49.6 Å². The summed E-state index contributed by atoms with van der Waals surface area (Å²) in [4.78, 5) is 5.37. The Labute approximate surface area is 295 Å². The van der Waals surface area contributed by atoms with Crippen LogP contribution in [0.1, 0.15) is 29.0 Å². The van der Waals surface area contributed by atoms with E-state index in [0.717, 1.165) is 66.5 Å². The molecule has 8 aromatic carbocycles. The number of hydrogen-bond donors (Lipinski definition) is 2. The molecule has 1 aromatic heterocycles.